The zero-order valence-electron chi connectivity index (χ0n) is 11.6. The SMILES string of the molecule is COc1cc(S(=O)(=O)NCCCC(C)C)ccc1N. The molecule has 0 aliphatic rings. The first-order valence-electron chi connectivity index (χ1n) is 6.30. The first kappa shape index (κ1) is 15.8. The summed E-state index contributed by atoms with van der Waals surface area (Å²) in [5.74, 6) is 0.936. The van der Waals surface area contributed by atoms with Crippen molar-refractivity contribution in [1.82, 2.24) is 4.72 Å². The maximum Gasteiger partial charge on any atom is 0.240 e. The third-order valence-corrected chi connectivity index (χ3v) is 4.22. The molecule has 0 saturated carbocycles. The number of hydrogen-bond donors (Lipinski definition) is 2. The monoisotopic (exact) mass is 286 g/mol. The highest BCUT2D eigenvalue weighted by Gasteiger charge is 2.15. The van der Waals surface area contributed by atoms with Gasteiger partial charge in [0.05, 0.1) is 17.7 Å². The van der Waals surface area contributed by atoms with Crippen LogP contribution in [-0.4, -0.2) is 22.1 Å². The summed E-state index contributed by atoms with van der Waals surface area (Å²) < 4.78 is 31.7. The Hall–Kier alpha value is -1.27. The number of hydrogen-bond acceptors (Lipinski definition) is 4. The van der Waals surface area contributed by atoms with Crippen LogP contribution in [0.4, 0.5) is 5.69 Å². The predicted molar refractivity (Wildman–Crippen MR) is 76.7 cm³/mol. The zero-order valence-corrected chi connectivity index (χ0v) is 12.5. The van der Waals surface area contributed by atoms with Crippen molar-refractivity contribution >= 4 is 15.7 Å². The Morgan fingerprint density at radius 3 is 2.63 bits per heavy atom. The van der Waals surface area contributed by atoms with E-state index >= 15 is 0 Å². The molecule has 0 fully saturated rings. The van der Waals surface area contributed by atoms with Crippen molar-refractivity contribution in [3.05, 3.63) is 18.2 Å². The van der Waals surface area contributed by atoms with Crippen LogP contribution in [0.3, 0.4) is 0 Å². The average molecular weight is 286 g/mol. The molecule has 19 heavy (non-hydrogen) atoms. The van der Waals surface area contributed by atoms with Crippen LogP contribution in [0, 0.1) is 5.92 Å². The summed E-state index contributed by atoms with van der Waals surface area (Å²) in [5.41, 5.74) is 6.08. The Morgan fingerprint density at radius 2 is 2.05 bits per heavy atom. The van der Waals surface area contributed by atoms with Gasteiger partial charge in [-0.05, 0) is 30.9 Å². The van der Waals surface area contributed by atoms with Crippen molar-refractivity contribution in [2.45, 2.75) is 31.6 Å². The average Bonchev–Trinajstić information content (AvgIpc) is 2.35. The zero-order chi connectivity index (χ0) is 14.5. The van der Waals surface area contributed by atoms with Gasteiger partial charge < -0.3 is 10.5 Å². The number of nitrogen functional groups attached to an aromatic ring is 1. The van der Waals surface area contributed by atoms with E-state index in [9.17, 15) is 8.42 Å². The van der Waals surface area contributed by atoms with Crippen LogP contribution in [0.1, 0.15) is 26.7 Å². The summed E-state index contributed by atoms with van der Waals surface area (Å²) >= 11 is 0. The number of benzene rings is 1. The second-order valence-corrected chi connectivity index (χ2v) is 6.60. The molecule has 0 aliphatic heterocycles. The van der Waals surface area contributed by atoms with Crippen molar-refractivity contribution in [3.63, 3.8) is 0 Å². The highest BCUT2D eigenvalue weighted by Crippen LogP contribution is 2.24. The molecule has 0 unspecified atom stereocenters. The molecule has 0 aromatic heterocycles. The van der Waals surface area contributed by atoms with E-state index in [-0.39, 0.29) is 4.90 Å². The van der Waals surface area contributed by atoms with Crippen LogP contribution in [0.15, 0.2) is 23.1 Å². The number of sulfonamides is 1. The molecule has 3 N–H and O–H groups in total. The highest BCUT2D eigenvalue weighted by atomic mass is 32.2. The second kappa shape index (κ2) is 6.77. The quantitative estimate of drug-likeness (QED) is 0.593. The van der Waals surface area contributed by atoms with Crippen LogP contribution in [0.5, 0.6) is 5.75 Å². The molecule has 1 rings (SSSR count). The molecule has 0 heterocycles. The van der Waals surface area contributed by atoms with Gasteiger partial charge in [-0.2, -0.15) is 0 Å². The third-order valence-electron chi connectivity index (χ3n) is 2.77. The highest BCUT2D eigenvalue weighted by molar-refractivity contribution is 7.89. The fourth-order valence-corrected chi connectivity index (χ4v) is 2.75. The van der Waals surface area contributed by atoms with E-state index in [2.05, 4.69) is 18.6 Å². The molecule has 108 valence electrons. The maximum absolute atomic E-state index is 12.0. The molecule has 5 nitrogen and oxygen atoms in total. The Bertz CT molecular complexity index is 513. The van der Waals surface area contributed by atoms with E-state index in [1.807, 2.05) is 0 Å². The van der Waals surface area contributed by atoms with Crippen LogP contribution in [-0.2, 0) is 10.0 Å². The van der Waals surface area contributed by atoms with Crippen molar-refractivity contribution < 1.29 is 13.2 Å². The number of nitrogens with one attached hydrogen (secondary N) is 1. The molecule has 0 saturated heterocycles. The molecule has 0 bridgehead atoms. The lowest BCUT2D eigenvalue weighted by Gasteiger charge is -2.10. The van der Waals surface area contributed by atoms with Crippen LogP contribution in [0.2, 0.25) is 0 Å². The summed E-state index contributed by atoms with van der Waals surface area (Å²) in [5, 5.41) is 0. The van der Waals surface area contributed by atoms with Gasteiger partial charge in [-0.1, -0.05) is 13.8 Å². The van der Waals surface area contributed by atoms with E-state index in [0.29, 0.717) is 23.9 Å². The van der Waals surface area contributed by atoms with E-state index in [1.54, 1.807) is 0 Å². The minimum atomic E-state index is -3.49. The standard InChI is InChI=1S/C13H22N2O3S/c1-10(2)5-4-8-15-19(16,17)11-6-7-12(14)13(9-11)18-3/h6-7,9-10,15H,4-5,8,14H2,1-3H3. The molecule has 0 atom stereocenters. The lowest BCUT2D eigenvalue weighted by molar-refractivity contribution is 0.415. The number of nitrogens with two attached hydrogens (primary N) is 1. The molecule has 1 aromatic carbocycles. The van der Waals surface area contributed by atoms with Crippen molar-refractivity contribution in [2.24, 2.45) is 5.92 Å². The van der Waals surface area contributed by atoms with E-state index in [1.165, 1.54) is 25.3 Å². The number of rotatable bonds is 7. The molecule has 0 amide bonds. The summed E-state index contributed by atoms with van der Waals surface area (Å²) in [6, 6.07) is 4.43. The summed E-state index contributed by atoms with van der Waals surface area (Å²) in [6.45, 7) is 4.66. The van der Waals surface area contributed by atoms with Gasteiger partial charge >= 0.3 is 0 Å². The van der Waals surface area contributed by atoms with Crippen molar-refractivity contribution in [1.29, 1.82) is 0 Å². The van der Waals surface area contributed by atoms with E-state index < -0.39 is 10.0 Å². The fraction of sp³-hybridized carbons (Fsp3) is 0.538. The number of methoxy groups -OCH3 is 1. The van der Waals surface area contributed by atoms with Crippen molar-refractivity contribution in [2.75, 3.05) is 19.4 Å². The van der Waals surface area contributed by atoms with Gasteiger partial charge in [-0.15, -0.1) is 0 Å². The lowest BCUT2D eigenvalue weighted by Crippen LogP contribution is -2.25. The van der Waals surface area contributed by atoms with E-state index in [0.717, 1.165) is 12.8 Å². The molecular formula is C13H22N2O3S. The van der Waals surface area contributed by atoms with Crippen LogP contribution < -0.4 is 15.2 Å². The van der Waals surface area contributed by atoms with E-state index in [4.69, 9.17) is 10.5 Å². The summed E-state index contributed by atoms with van der Waals surface area (Å²) in [6.07, 6.45) is 1.82. The van der Waals surface area contributed by atoms with Gasteiger partial charge in [0.15, 0.2) is 0 Å². The molecule has 0 radical (unpaired) electrons. The fourth-order valence-electron chi connectivity index (χ4n) is 1.66. The third kappa shape index (κ3) is 4.72. The van der Waals surface area contributed by atoms with Crippen LogP contribution in [0.25, 0.3) is 0 Å². The minimum absolute atomic E-state index is 0.170. The normalized spacial score (nSPS) is 11.8. The number of anilines is 1. The van der Waals surface area contributed by atoms with Gasteiger partial charge in [0.1, 0.15) is 5.75 Å². The largest absolute Gasteiger partial charge is 0.495 e. The second-order valence-electron chi connectivity index (χ2n) is 4.84. The smallest absolute Gasteiger partial charge is 0.240 e. The first-order chi connectivity index (χ1) is 8.86. The molecule has 1 aromatic rings. The molecular weight excluding hydrogens is 264 g/mol. The Kier molecular flexibility index (Phi) is 5.62. The number of ether oxygens (including phenoxy) is 1. The van der Waals surface area contributed by atoms with Gasteiger partial charge in [0, 0.05) is 12.6 Å². The van der Waals surface area contributed by atoms with Crippen molar-refractivity contribution in [3.8, 4) is 5.75 Å². The Labute approximate surface area is 115 Å². The maximum atomic E-state index is 12.0. The lowest BCUT2D eigenvalue weighted by atomic mass is 10.1. The summed E-state index contributed by atoms with van der Waals surface area (Å²) in [7, 11) is -2.04. The summed E-state index contributed by atoms with van der Waals surface area (Å²) in [4.78, 5) is 0.170. The van der Waals surface area contributed by atoms with Gasteiger partial charge in [-0.25, -0.2) is 13.1 Å². The van der Waals surface area contributed by atoms with Gasteiger partial charge in [-0.3, -0.25) is 0 Å². The molecule has 0 spiro atoms. The molecule has 6 heteroatoms. The van der Waals surface area contributed by atoms with Gasteiger partial charge in [0.2, 0.25) is 10.0 Å². The Balaban J connectivity index is 2.72. The predicted octanol–water partition coefficient (Wildman–Crippen LogP) is 1.99. The topological polar surface area (TPSA) is 81.4 Å². The first-order valence-corrected chi connectivity index (χ1v) is 7.78. The Morgan fingerprint density at radius 1 is 1.37 bits per heavy atom. The minimum Gasteiger partial charge on any atom is -0.495 e. The van der Waals surface area contributed by atoms with Crippen LogP contribution >= 0.6 is 0 Å². The van der Waals surface area contributed by atoms with Gasteiger partial charge in [0.25, 0.3) is 0 Å². The molecule has 0 aliphatic carbocycles.